The molecule has 0 amide bonds. The van der Waals surface area contributed by atoms with Gasteiger partial charge in [-0.15, -0.1) is 0 Å². The Balaban J connectivity index is 2.51. The van der Waals surface area contributed by atoms with E-state index in [1.54, 1.807) is 6.07 Å². The number of nitriles is 1. The van der Waals surface area contributed by atoms with Gasteiger partial charge in [0.05, 0.1) is 5.69 Å². The smallest absolute Gasteiger partial charge is 0.148 e. The zero-order chi connectivity index (χ0) is 15.4. The predicted octanol–water partition coefficient (Wildman–Crippen LogP) is 2.64. The molecular weight excluding hydrogens is 271 g/mol. The molecule has 0 aliphatic carbocycles. The lowest BCUT2D eigenvalue weighted by Gasteiger charge is -2.17. The molecule has 2 aromatic rings. The minimum Gasteiger partial charge on any atom is -0.339 e. The third-order valence-electron chi connectivity index (χ3n) is 2.98. The number of hydrogen-bond donors (Lipinski definition) is 3. The maximum Gasteiger partial charge on any atom is 0.148 e. The van der Waals surface area contributed by atoms with Gasteiger partial charge in [-0.05, 0) is 18.1 Å². The van der Waals surface area contributed by atoms with E-state index in [9.17, 15) is 4.39 Å². The van der Waals surface area contributed by atoms with Gasteiger partial charge in [0, 0.05) is 5.56 Å². The van der Waals surface area contributed by atoms with E-state index >= 15 is 0 Å². The summed E-state index contributed by atoms with van der Waals surface area (Å²) in [5.74, 6) is 5.91. The van der Waals surface area contributed by atoms with Crippen molar-refractivity contribution < 1.29 is 4.39 Å². The summed E-state index contributed by atoms with van der Waals surface area (Å²) in [5.41, 5.74) is 3.56. The van der Waals surface area contributed by atoms with Crippen LogP contribution in [0.3, 0.4) is 0 Å². The molecule has 21 heavy (non-hydrogen) atoms. The van der Waals surface area contributed by atoms with Gasteiger partial charge in [0.1, 0.15) is 35.4 Å². The van der Waals surface area contributed by atoms with E-state index < -0.39 is 5.82 Å². The molecule has 0 bridgehead atoms. The molecule has 0 aliphatic rings. The number of rotatable bonds is 4. The number of anilines is 3. The number of nitrogens with zero attached hydrogens (tertiary/aromatic N) is 3. The van der Waals surface area contributed by atoms with Crippen LogP contribution < -0.4 is 16.6 Å². The van der Waals surface area contributed by atoms with Crippen molar-refractivity contribution in [2.45, 2.75) is 19.8 Å². The van der Waals surface area contributed by atoms with Crippen LogP contribution in [0, 0.1) is 17.1 Å². The molecule has 0 spiro atoms. The van der Waals surface area contributed by atoms with E-state index in [1.165, 1.54) is 18.5 Å². The summed E-state index contributed by atoms with van der Waals surface area (Å²) < 4.78 is 13.6. The van der Waals surface area contributed by atoms with Crippen LogP contribution in [0.4, 0.5) is 21.7 Å². The van der Waals surface area contributed by atoms with Gasteiger partial charge in [0.15, 0.2) is 0 Å². The Labute approximate surface area is 121 Å². The van der Waals surface area contributed by atoms with Crippen molar-refractivity contribution in [3.63, 3.8) is 0 Å². The Morgan fingerprint density at radius 1 is 1.29 bits per heavy atom. The highest BCUT2D eigenvalue weighted by Crippen LogP contribution is 2.31. The SMILES string of the molecule is CC(C)c1c(NN)ncnc1Nc1cccc(F)c1C#N. The van der Waals surface area contributed by atoms with Crippen LogP contribution >= 0.6 is 0 Å². The van der Waals surface area contributed by atoms with Gasteiger partial charge < -0.3 is 10.7 Å². The highest BCUT2D eigenvalue weighted by atomic mass is 19.1. The molecule has 6 nitrogen and oxygen atoms in total. The van der Waals surface area contributed by atoms with Gasteiger partial charge in [-0.1, -0.05) is 19.9 Å². The molecule has 1 aromatic carbocycles. The fourth-order valence-corrected chi connectivity index (χ4v) is 2.03. The first-order chi connectivity index (χ1) is 10.1. The van der Waals surface area contributed by atoms with Crippen LogP contribution in [0.2, 0.25) is 0 Å². The largest absolute Gasteiger partial charge is 0.339 e. The summed E-state index contributed by atoms with van der Waals surface area (Å²) in [6, 6.07) is 6.22. The van der Waals surface area contributed by atoms with E-state index in [1.807, 2.05) is 19.9 Å². The highest BCUT2D eigenvalue weighted by Gasteiger charge is 2.16. The van der Waals surface area contributed by atoms with Crippen LogP contribution in [0.5, 0.6) is 0 Å². The molecule has 1 heterocycles. The second-order valence-corrected chi connectivity index (χ2v) is 4.68. The van der Waals surface area contributed by atoms with Crippen LogP contribution in [0.15, 0.2) is 24.5 Å². The van der Waals surface area contributed by atoms with Crippen LogP contribution in [-0.4, -0.2) is 9.97 Å². The Bertz CT molecular complexity index is 692. The Morgan fingerprint density at radius 3 is 2.62 bits per heavy atom. The van der Waals surface area contributed by atoms with Crippen LogP contribution in [0.25, 0.3) is 0 Å². The quantitative estimate of drug-likeness (QED) is 0.590. The summed E-state index contributed by atoms with van der Waals surface area (Å²) in [5, 5.41) is 12.0. The predicted molar refractivity (Wildman–Crippen MR) is 78.3 cm³/mol. The molecule has 0 fully saturated rings. The minimum absolute atomic E-state index is 0.0620. The minimum atomic E-state index is -0.583. The maximum atomic E-state index is 13.6. The summed E-state index contributed by atoms with van der Waals surface area (Å²) >= 11 is 0. The van der Waals surface area contributed by atoms with Gasteiger partial charge in [-0.25, -0.2) is 20.2 Å². The Kier molecular flexibility index (Phi) is 4.30. The summed E-state index contributed by atoms with van der Waals surface area (Å²) in [4.78, 5) is 8.21. The molecular formula is C14H15FN6. The molecule has 0 aliphatic heterocycles. The van der Waals surface area contributed by atoms with Gasteiger partial charge in [0.25, 0.3) is 0 Å². The maximum absolute atomic E-state index is 13.6. The molecule has 0 saturated carbocycles. The highest BCUT2D eigenvalue weighted by molar-refractivity contribution is 5.69. The van der Waals surface area contributed by atoms with E-state index in [0.29, 0.717) is 17.3 Å². The molecule has 0 saturated heterocycles. The lowest BCUT2D eigenvalue weighted by Crippen LogP contribution is -2.14. The van der Waals surface area contributed by atoms with E-state index in [2.05, 4.69) is 20.7 Å². The van der Waals surface area contributed by atoms with Crippen molar-refractivity contribution >= 4 is 17.3 Å². The third-order valence-corrected chi connectivity index (χ3v) is 2.98. The van der Waals surface area contributed by atoms with Crippen molar-refractivity contribution in [1.82, 2.24) is 9.97 Å². The first-order valence-corrected chi connectivity index (χ1v) is 6.35. The number of hydrazine groups is 1. The fraction of sp³-hybridized carbons (Fsp3) is 0.214. The number of nitrogens with one attached hydrogen (secondary N) is 2. The standard InChI is InChI=1S/C14H15FN6/c1-8(2)12-13(18-7-19-14(12)21-17)20-11-5-3-4-10(15)9(11)6-16/h3-5,7-8H,17H2,1-2H3,(H2,18,19,20,21). The van der Waals surface area contributed by atoms with Crippen LogP contribution in [0.1, 0.15) is 30.9 Å². The first-order valence-electron chi connectivity index (χ1n) is 6.35. The second-order valence-electron chi connectivity index (χ2n) is 4.68. The number of benzene rings is 1. The molecule has 4 N–H and O–H groups in total. The number of halogens is 1. The average Bonchev–Trinajstić information content (AvgIpc) is 2.47. The van der Waals surface area contributed by atoms with E-state index in [4.69, 9.17) is 11.1 Å². The molecule has 0 unspecified atom stereocenters. The van der Waals surface area contributed by atoms with Crippen molar-refractivity contribution in [3.8, 4) is 6.07 Å². The third kappa shape index (κ3) is 2.90. The van der Waals surface area contributed by atoms with Gasteiger partial charge >= 0.3 is 0 Å². The lowest BCUT2D eigenvalue weighted by atomic mass is 10.0. The lowest BCUT2D eigenvalue weighted by molar-refractivity contribution is 0.624. The molecule has 2 rings (SSSR count). The zero-order valence-corrected chi connectivity index (χ0v) is 11.7. The van der Waals surface area contributed by atoms with Crippen LogP contribution in [-0.2, 0) is 0 Å². The topological polar surface area (TPSA) is 99.7 Å². The fourth-order valence-electron chi connectivity index (χ4n) is 2.03. The number of aromatic nitrogens is 2. The van der Waals surface area contributed by atoms with Gasteiger partial charge in [0.2, 0.25) is 0 Å². The Morgan fingerprint density at radius 2 is 2.00 bits per heavy atom. The monoisotopic (exact) mass is 286 g/mol. The summed E-state index contributed by atoms with van der Waals surface area (Å²) in [7, 11) is 0. The molecule has 108 valence electrons. The number of nitrogen functional groups attached to an aromatic ring is 1. The van der Waals surface area contributed by atoms with Gasteiger partial charge in [-0.2, -0.15) is 5.26 Å². The van der Waals surface area contributed by atoms with Crippen molar-refractivity contribution in [3.05, 3.63) is 41.5 Å². The summed E-state index contributed by atoms with van der Waals surface area (Å²) in [6.07, 6.45) is 1.34. The number of nitrogens with two attached hydrogens (primary N) is 1. The molecule has 1 aromatic heterocycles. The molecule has 0 atom stereocenters. The molecule has 0 radical (unpaired) electrons. The van der Waals surface area contributed by atoms with Crippen molar-refractivity contribution in [2.24, 2.45) is 5.84 Å². The second kappa shape index (κ2) is 6.15. The molecule has 7 heteroatoms. The first kappa shape index (κ1) is 14.7. The number of hydrogen-bond acceptors (Lipinski definition) is 6. The van der Waals surface area contributed by atoms with Crippen molar-refractivity contribution in [1.29, 1.82) is 5.26 Å². The zero-order valence-electron chi connectivity index (χ0n) is 11.7. The van der Waals surface area contributed by atoms with Gasteiger partial charge in [-0.3, -0.25) is 0 Å². The summed E-state index contributed by atoms with van der Waals surface area (Å²) in [6.45, 7) is 3.92. The normalized spacial score (nSPS) is 10.3. The van der Waals surface area contributed by atoms with E-state index in [-0.39, 0.29) is 11.5 Å². The Hall–Kier alpha value is -2.72. The average molecular weight is 286 g/mol. The van der Waals surface area contributed by atoms with E-state index in [0.717, 1.165) is 5.56 Å². The van der Waals surface area contributed by atoms with Crippen molar-refractivity contribution in [2.75, 3.05) is 10.7 Å².